The summed E-state index contributed by atoms with van der Waals surface area (Å²) in [5, 5.41) is 12.4. The minimum Gasteiger partial charge on any atom is -0.371 e. The molecule has 120 valence electrons. The summed E-state index contributed by atoms with van der Waals surface area (Å²) in [6.45, 7) is 8.70. The van der Waals surface area contributed by atoms with Gasteiger partial charge in [0.1, 0.15) is 1.41 Å². The molecule has 0 aliphatic carbocycles. The van der Waals surface area contributed by atoms with Gasteiger partial charge in [-0.05, 0) is 23.3 Å². The highest BCUT2D eigenvalue weighted by Crippen LogP contribution is 2.40. The van der Waals surface area contributed by atoms with Crippen LogP contribution in [0.2, 0.25) is 1.41 Å². The van der Waals surface area contributed by atoms with Crippen LogP contribution in [-0.2, 0) is 0 Å². The zero-order valence-corrected chi connectivity index (χ0v) is 13.1. The minimum atomic E-state index is -0.793. The molecule has 3 rings (SSSR count). The molecule has 3 unspecified atom stereocenters. The molecular formula is C16H22FN3O2. The fraction of sp³-hybridized carbons (Fsp3) is 0.625. The second-order valence-corrected chi connectivity index (χ2v) is 7.40. The highest BCUT2D eigenvalue weighted by Gasteiger charge is 2.46. The van der Waals surface area contributed by atoms with Crippen molar-refractivity contribution in [2.45, 2.75) is 26.8 Å². The van der Waals surface area contributed by atoms with Crippen molar-refractivity contribution in [1.82, 2.24) is 5.31 Å². The third-order valence-corrected chi connectivity index (χ3v) is 4.81. The highest BCUT2D eigenvalue weighted by atomic mass is 19.1. The van der Waals surface area contributed by atoms with Gasteiger partial charge in [-0.2, -0.15) is 4.39 Å². The number of rotatable bonds is 2. The van der Waals surface area contributed by atoms with E-state index in [-0.39, 0.29) is 11.5 Å². The van der Waals surface area contributed by atoms with Crippen molar-refractivity contribution >= 4 is 11.4 Å². The standard InChI is InChI=1S/C16H22FN3O2/c1-16(2,3)15-12-9-19(8-10(12)7-18-15)11-4-5-14(20(21)22)13(17)6-11/h4-6,10,12,15,18H,7-9H2,1-3H3/i/hD. The normalized spacial score (nSPS) is 29.5. The zero-order valence-electron chi connectivity index (χ0n) is 14.1. The van der Waals surface area contributed by atoms with E-state index in [9.17, 15) is 14.5 Å². The predicted octanol–water partition coefficient (Wildman–Crippen LogP) is 2.80. The molecule has 2 heterocycles. The van der Waals surface area contributed by atoms with Crippen LogP contribution in [-0.4, -0.2) is 30.6 Å². The maximum absolute atomic E-state index is 13.9. The number of hydrogen-bond donors (Lipinski definition) is 1. The van der Waals surface area contributed by atoms with Crippen LogP contribution in [0.5, 0.6) is 0 Å². The molecule has 0 aromatic heterocycles. The summed E-state index contributed by atoms with van der Waals surface area (Å²) in [4.78, 5) is 12.1. The molecule has 22 heavy (non-hydrogen) atoms. The van der Waals surface area contributed by atoms with Crippen molar-refractivity contribution in [1.29, 1.82) is 0 Å². The Hall–Kier alpha value is -1.69. The number of benzene rings is 1. The third kappa shape index (κ3) is 2.56. The summed E-state index contributed by atoms with van der Waals surface area (Å²) in [6.07, 6.45) is 0. The fourth-order valence-corrected chi connectivity index (χ4v) is 3.80. The van der Waals surface area contributed by atoms with E-state index in [4.69, 9.17) is 1.41 Å². The van der Waals surface area contributed by atoms with Crippen LogP contribution in [0.3, 0.4) is 0 Å². The average molecular weight is 308 g/mol. The Balaban J connectivity index is 1.81. The van der Waals surface area contributed by atoms with E-state index >= 15 is 0 Å². The molecule has 3 atom stereocenters. The molecule has 2 fully saturated rings. The lowest BCUT2D eigenvalue weighted by Gasteiger charge is -2.32. The van der Waals surface area contributed by atoms with Gasteiger partial charge in [0.2, 0.25) is 5.82 Å². The number of halogens is 1. The van der Waals surface area contributed by atoms with Crippen LogP contribution in [0.4, 0.5) is 15.8 Å². The Labute approximate surface area is 131 Å². The van der Waals surface area contributed by atoms with Crippen LogP contribution in [0.25, 0.3) is 0 Å². The first-order valence-electron chi connectivity index (χ1n) is 8.07. The third-order valence-electron chi connectivity index (χ3n) is 4.81. The lowest BCUT2D eigenvalue weighted by molar-refractivity contribution is -0.387. The second-order valence-electron chi connectivity index (χ2n) is 7.40. The number of nitro groups is 1. The fourth-order valence-electron chi connectivity index (χ4n) is 3.80. The van der Waals surface area contributed by atoms with Gasteiger partial charge in [0.15, 0.2) is 0 Å². The molecule has 0 saturated carbocycles. The maximum atomic E-state index is 13.9. The molecule has 0 bridgehead atoms. The van der Waals surface area contributed by atoms with Crippen LogP contribution < -0.4 is 10.2 Å². The van der Waals surface area contributed by atoms with Gasteiger partial charge in [0.05, 0.1) is 4.92 Å². The topological polar surface area (TPSA) is 58.4 Å². The summed E-state index contributed by atoms with van der Waals surface area (Å²) in [5.74, 6) is -0.0419. The molecule has 1 aromatic carbocycles. The molecular weight excluding hydrogens is 285 g/mol. The summed E-state index contributed by atoms with van der Waals surface area (Å²) in [7, 11) is 0. The number of hydrogen-bond acceptors (Lipinski definition) is 4. The molecule has 5 nitrogen and oxygen atoms in total. The van der Waals surface area contributed by atoms with E-state index in [0.717, 1.165) is 19.6 Å². The van der Waals surface area contributed by atoms with Gasteiger partial charge in [0, 0.05) is 43.5 Å². The Morgan fingerprint density at radius 3 is 2.77 bits per heavy atom. The van der Waals surface area contributed by atoms with Crippen LogP contribution >= 0.6 is 0 Å². The van der Waals surface area contributed by atoms with Crippen molar-refractivity contribution in [2.75, 3.05) is 24.5 Å². The predicted molar refractivity (Wildman–Crippen MR) is 83.5 cm³/mol. The summed E-state index contributed by atoms with van der Waals surface area (Å²) < 4.78 is 22.1. The van der Waals surface area contributed by atoms with E-state index in [1.165, 1.54) is 12.1 Å². The van der Waals surface area contributed by atoms with Crippen molar-refractivity contribution < 1.29 is 10.7 Å². The van der Waals surface area contributed by atoms with Crippen molar-refractivity contribution in [3.05, 3.63) is 34.1 Å². The molecule has 2 saturated heterocycles. The van der Waals surface area contributed by atoms with Gasteiger partial charge < -0.3 is 10.2 Å². The molecule has 2 aliphatic heterocycles. The zero-order chi connectivity index (χ0) is 16.9. The quantitative estimate of drug-likeness (QED) is 0.674. The number of fused-ring (bicyclic) bond motifs is 1. The Kier molecular flexibility index (Phi) is 3.29. The average Bonchev–Trinajstić information content (AvgIpc) is 2.92. The van der Waals surface area contributed by atoms with E-state index < -0.39 is 16.4 Å². The highest BCUT2D eigenvalue weighted by molar-refractivity contribution is 5.53. The summed E-state index contributed by atoms with van der Waals surface area (Å²) in [5.41, 5.74) is 0.211. The molecule has 2 aliphatic rings. The van der Waals surface area contributed by atoms with Crippen LogP contribution in [0.1, 0.15) is 20.8 Å². The van der Waals surface area contributed by atoms with Gasteiger partial charge in [-0.3, -0.25) is 10.1 Å². The summed E-state index contributed by atoms with van der Waals surface area (Å²) >= 11 is 0. The second kappa shape index (κ2) is 5.19. The molecule has 0 radical (unpaired) electrons. The van der Waals surface area contributed by atoms with E-state index in [2.05, 4.69) is 25.7 Å². The number of nitro benzene ring substituents is 1. The molecule has 0 amide bonds. The summed E-state index contributed by atoms with van der Waals surface area (Å²) in [6, 6.07) is 4.27. The Bertz CT molecular complexity index is 634. The van der Waals surface area contributed by atoms with Crippen molar-refractivity contribution in [3.63, 3.8) is 0 Å². The van der Waals surface area contributed by atoms with Gasteiger partial charge in [-0.1, -0.05) is 20.8 Å². The largest absolute Gasteiger partial charge is 0.371 e. The maximum Gasteiger partial charge on any atom is 0.304 e. The van der Waals surface area contributed by atoms with Crippen molar-refractivity contribution in [3.8, 4) is 0 Å². The molecule has 1 aromatic rings. The first-order chi connectivity index (χ1) is 10.7. The number of nitrogens with zero attached hydrogens (tertiary/aromatic N) is 2. The van der Waals surface area contributed by atoms with Gasteiger partial charge in [-0.15, -0.1) is 0 Å². The number of nitrogens with one attached hydrogen (secondary N) is 1. The van der Waals surface area contributed by atoms with Gasteiger partial charge in [0.25, 0.3) is 0 Å². The monoisotopic (exact) mass is 308 g/mol. The SMILES string of the molecule is [2H]N1CC2CN(c3ccc([N+](=O)[O-])c(F)c3)CC2C1C(C)(C)C. The van der Waals surface area contributed by atoms with Crippen LogP contribution in [0.15, 0.2) is 18.2 Å². The lowest BCUT2D eigenvalue weighted by Crippen LogP contribution is -2.42. The van der Waals surface area contributed by atoms with E-state index in [1.54, 1.807) is 11.4 Å². The lowest BCUT2D eigenvalue weighted by atomic mass is 9.78. The van der Waals surface area contributed by atoms with E-state index in [1.807, 2.05) is 0 Å². The van der Waals surface area contributed by atoms with Gasteiger partial charge in [-0.25, -0.2) is 0 Å². The molecule has 6 heteroatoms. The first kappa shape index (κ1) is 13.9. The number of anilines is 1. The smallest absolute Gasteiger partial charge is 0.304 e. The first-order valence-corrected chi connectivity index (χ1v) is 7.63. The van der Waals surface area contributed by atoms with E-state index in [0.29, 0.717) is 17.5 Å². The van der Waals surface area contributed by atoms with Gasteiger partial charge >= 0.3 is 5.69 Å². The minimum absolute atomic E-state index is 0.0118. The molecule has 1 N–H and O–H groups in total. The molecule has 0 spiro atoms. The van der Waals surface area contributed by atoms with Crippen LogP contribution in [0, 0.1) is 33.2 Å². The Morgan fingerprint density at radius 2 is 2.18 bits per heavy atom. The van der Waals surface area contributed by atoms with Crippen molar-refractivity contribution in [2.24, 2.45) is 17.3 Å². The Morgan fingerprint density at radius 1 is 1.45 bits per heavy atom.